The molecule has 1 atom stereocenters. The van der Waals surface area contributed by atoms with Gasteiger partial charge in [0.05, 0.1) is 23.6 Å². The van der Waals surface area contributed by atoms with Crippen molar-refractivity contribution < 1.29 is 4.79 Å². The number of pyridine rings is 1. The van der Waals surface area contributed by atoms with Gasteiger partial charge in [0.1, 0.15) is 5.82 Å². The predicted octanol–water partition coefficient (Wildman–Crippen LogP) is 2.90. The van der Waals surface area contributed by atoms with Gasteiger partial charge >= 0.3 is 0 Å². The van der Waals surface area contributed by atoms with Crippen LogP contribution in [-0.4, -0.2) is 45.4 Å². The average molecular weight is 365 g/mol. The molecule has 4 heterocycles. The first kappa shape index (κ1) is 17.9. The van der Waals surface area contributed by atoms with Crippen molar-refractivity contribution in [3.63, 3.8) is 0 Å². The fourth-order valence-electron chi connectivity index (χ4n) is 4.48. The average Bonchev–Trinajstić information content (AvgIpc) is 2.68. The molecular formula is C21H27N5O. The summed E-state index contributed by atoms with van der Waals surface area (Å²) >= 11 is 0. The lowest BCUT2D eigenvalue weighted by Crippen LogP contribution is -2.54. The second-order valence-corrected chi connectivity index (χ2v) is 8.02. The highest BCUT2D eigenvalue weighted by atomic mass is 16.2. The summed E-state index contributed by atoms with van der Waals surface area (Å²) in [6, 6.07) is 5.88. The zero-order chi connectivity index (χ0) is 18.9. The van der Waals surface area contributed by atoms with E-state index in [1.807, 2.05) is 43.1 Å². The highest BCUT2D eigenvalue weighted by Crippen LogP contribution is 2.40. The number of anilines is 1. The minimum atomic E-state index is 0.138. The monoisotopic (exact) mass is 365 g/mol. The van der Waals surface area contributed by atoms with Crippen LogP contribution in [-0.2, 0) is 11.3 Å². The van der Waals surface area contributed by atoms with Crippen LogP contribution < -0.4 is 4.90 Å². The van der Waals surface area contributed by atoms with Crippen molar-refractivity contribution in [2.45, 2.75) is 46.1 Å². The summed E-state index contributed by atoms with van der Waals surface area (Å²) in [5.74, 6) is 1.25. The summed E-state index contributed by atoms with van der Waals surface area (Å²) in [6.07, 6.45) is 7.49. The quantitative estimate of drug-likeness (QED) is 0.837. The van der Waals surface area contributed by atoms with E-state index in [0.29, 0.717) is 13.0 Å². The highest BCUT2D eigenvalue weighted by Gasteiger charge is 2.42. The van der Waals surface area contributed by atoms with Crippen LogP contribution in [0.3, 0.4) is 0 Å². The summed E-state index contributed by atoms with van der Waals surface area (Å²) in [5.41, 5.74) is 3.02. The predicted molar refractivity (Wildman–Crippen MR) is 104 cm³/mol. The Morgan fingerprint density at radius 2 is 2.04 bits per heavy atom. The number of hydrogen-bond acceptors (Lipinski definition) is 5. The van der Waals surface area contributed by atoms with Gasteiger partial charge in [-0.05, 0) is 45.2 Å². The van der Waals surface area contributed by atoms with Gasteiger partial charge in [-0.2, -0.15) is 0 Å². The summed E-state index contributed by atoms with van der Waals surface area (Å²) < 4.78 is 0. The minimum absolute atomic E-state index is 0.138. The first-order valence-electron chi connectivity index (χ1n) is 9.78. The summed E-state index contributed by atoms with van der Waals surface area (Å²) in [7, 11) is 0. The minimum Gasteiger partial charge on any atom is -0.354 e. The fraction of sp³-hybridized carbons (Fsp3) is 0.524. The fourth-order valence-corrected chi connectivity index (χ4v) is 4.48. The number of likely N-dealkylation sites (tertiary alicyclic amines) is 1. The van der Waals surface area contributed by atoms with Gasteiger partial charge in [0, 0.05) is 43.9 Å². The Balaban J connectivity index is 1.53. The summed E-state index contributed by atoms with van der Waals surface area (Å²) in [4.78, 5) is 30.6. The zero-order valence-electron chi connectivity index (χ0n) is 16.2. The zero-order valence-corrected chi connectivity index (χ0v) is 16.2. The molecule has 27 heavy (non-hydrogen) atoms. The number of hydrogen-bond donors (Lipinski definition) is 0. The maximum absolute atomic E-state index is 12.5. The molecule has 2 aliphatic heterocycles. The number of aromatic nitrogens is 3. The molecular weight excluding hydrogens is 338 g/mol. The van der Waals surface area contributed by atoms with Crippen molar-refractivity contribution in [1.82, 2.24) is 19.9 Å². The first-order valence-corrected chi connectivity index (χ1v) is 9.78. The van der Waals surface area contributed by atoms with Gasteiger partial charge < -0.3 is 9.80 Å². The molecule has 1 spiro atoms. The smallest absolute Gasteiger partial charge is 0.222 e. The molecule has 142 valence electrons. The molecule has 0 unspecified atom stereocenters. The molecule has 0 aromatic carbocycles. The molecule has 0 N–H and O–H groups in total. The Hall–Kier alpha value is -2.50. The van der Waals surface area contributed by atoms with E-state index in [1.54, 1.807) is 6.20 Å². The summed E-state index contributed by atoms with van der Waals surface area (Å²) in [5, 5.41) is 0. The van der Waals surface area contributed by atoms with Crippen LogP contribution in [0.1, 0.15) is 42.8 Å². The van der Waals surface area contributed by atoms with Gasteiger partial charge in [-0.15, -0.1) is 0 Å². The van der Waals surface area contributed by atoms with Crippen LogP contribution in [0.25, 0.3) is 0 Å². The number of aryl methyl sites for hydroxylation is 2. The van der Waals surface area contributed by atoms with Crippen molar-refractivity contribution in [1.29, 1.82) is 0 Å². The third-order valence-corrected chi connectivity index (χ3v) is 5.84. The number of piperidine rings is 2. The Kier molecular flexibility index (Phi) is 4.81. The number of rotatable bonds is 3. The molecule has 0 saturated carbocycles. The van der Waals surface area contributed by atoms with Gasteiger partial charge in [-0.25, -0.2) is 4.98 Å². The van der Waals surface area contributed by atoms with Crippen molar-refractivity contribution in [3.8, 4) is 0 Å². The molecule has 2 aromatic rings. The first-order chi connectivity index (χ1) is 13.0. The molecule has 4 rings (SSSR count). The molecule has 2 fully saturated rings. The molecule has 1 amide bonds. The van der Waals surface area contributed by atoms with Crippen LogP contribution >= 0.6 is 0 Å². The van der Waals surface area contributed by atoms with E-state index in [4.69, 9.17) is 4.98 Å². The van der Waals surface area contributed by atoms with Crippen LogP contribution in [0.15, 0.2) is 30.6 Å². The summed E-state index contributed by atoms with van der Waals surface area (Å²) in [6.45, 7) is 7.37. The van der Waals surface area contributed by atoms with E-state index in [-0.39, 0.29) is 11.3 Å². The van der Waals surface area contributed by atoms with Crippen molar-refractivity contribution in [2.75, 3.05) is 24.5 Å². The Labute approximate surface area is 160 Å². The Morgan fingerprint density at radius 3 is 2.85 bits per heavy atom. The molecule has 2 aromatic heterocycles. The molecule has 2 saturated heterocycles. The standard InChI is InChI=1S/C21H27N5O/c1-16-12-23-17(2)20(24-16)25-11-5-8-21(14-25)9-7-19(27)26(15-21)13-18-6-3-4-10-22-18/h3-4,6,10,12H,5,7-9,11,13-15H2,1-2H3/t21-/m0/s1. The van der Waals surface area contributed by atoms with Gasteiger partial charge in [0.25, 0.3) is 0 Å². The third kappa shape index (κ3) is 3.80. The number of carbonyl (C=O) groups excluding carboxylic acids is 1. The van der Waals surface area contributed by atoms with E-state index in [0.717, 1.165) is 61.8 Å². The largest absolute Gasteiger partial charge is 0.354 e. The van der Waals surface area contributed by atoms with Crippen molar-refractivity contribution >= 4 is 11.7 Å². The molecule has 6 nitrogen and oxygen atoms in total. The lowest BCUT2D eigenvalue weighted by molar-refractivity contribution is -0.138. The van der Waals surface area contributed by atoms with E-state index in [9.17, 15) is 4.79 Å². The number of carbonyl (C=O) groups is 1. The van der Waals surface area contributed by atoms with Gasteiger partial charge in [-0.3, -0.25) is 14.8 Å². The number of nitrogens with zero attached hydrogens (tertiary/aromatic N) is 5. The molecule has 0 radical (unpaired) electrons. The van der Waals surface area contributed by atoms with E-state index >= 15 is 0 Å². The topological polar surface area (TPSA) is 62.2 Å². The van der Waals surface area contributed by atoms with E-state index in [2.05, 4.69) is 14.9 Å². The maximum Gasteiger partial charge on any atom is 0.222 e. The van der Waals surface area contributed by atoms with Gasteiger partial charge in [0.2, 0.25) is 5.91 Å². The highest BCUT2D eigenvalue weighted by molar-refractivity contribution is 5.77. The van der Waals surface area contributed by atoms with Crippen LogP contribution in [0.5, 0.6) is 0 Å². The third-order valence-electron chi connectivity index (χ3n) is 5.84. The van der Waals surface area contributed by atoms with Crippen molar-refractivity contribution in [3.05, 3.63) is 47.7 Å². The van der Waals surface area contributed by atoms with E-state index < -0.39 is 0 Å². The molecule has 2 aliphatic rings. The Morgan fingerprint density at radius 1 is 1.15 bits per heavy atom. The lowest BCUT2D eigenvalue weighted by atomic mass is 9.73. The SMILES string of the molecule is Cc1cnc(C)c(N2CCC[C@]3(CCC(=O)N(Cc4ccccn4)C3)C2)n1. The van der Waals surface area contributed by atoms with Gasteiger partial charge in [-0.1, -0.05) is 6.07 Å². The maximum atomic E-state index is 12.5. The normalized spacial score (nSPS) is 23.1. The molecule has 0 aliphatic carbocycles. The Bertz CT molecular complexity index is 825. The molecule has 0 bridgehead atoms. The van der Waals surface area contributed by atoms with Crippen LogP contribution in [0, 0.1) is 19.3 Å². The van der Waals surface area contributed by atoms with Crippen LogP contribution in [0.4, 0.5) is 5.82 Å². The van der Waals surface area contributed by atoms with Gasteiger partial charge in [0.15, 0.2) is 0 Å². The second kappa shape index (κ2) is 7.25. The molecule has 6 heteroatoms. The van der Waals surface area contributed by atoms with Crippen molar-refractivity contribution in [2.24, 2.45) is 5.41 Å². The lowest BCUT2D eigenvalue weighted by Gasteiger charge is -2.48. The number of amides is 1. The van der Waals surface area contributed by atoms with Crippen LogP contribution in [0.2, 0.25) is 0 Å². The van der Waals surface area contributed by atoms with E-state index in [1.165, 1.54) is 0 Å². The second-order valence-electron chi connectivity index (χ2n) is 8.02.